The average Bonchev–Trinajstić information content (AvgIpc) is 3.02. The van der Waals surface area contributed by atoms with E-state index >= 15 is 0 Å². The van der Waals surface area contributed by atoms with E-state index in [-0.39, 0.29) is 24.1 Å². The quantitative estimate of drug-likeness (QED) is 0.620. The molecule has 0 aliphatic carbocycles. The average molecular weight is 370 g/mol. The van der Waals surface area contributed by atoms with E-state index in [0.717, 1.165) is 5.69 Å². The molecule has 1 saturated heterocycles. The number of nitro benzene ring substituents is 1. The minimum absolute atomic E-state index is 0.0579. The number of benzene rings is 2. The first-order valence-corrected chi connectivity index (χ1v) is 8.22. The van der Waals surface area contributed by atoms with Gasteiger partial charge in [0.2, 0.25) is 5.91 Å². The lowest BCUT2D eigenvalue weighted by atomic mass is 10.2. The van der Waals surface area contributed by atoms with Crippen LogP contribution in [0.1, 0.15) is 6.42 Å². The molecule has 2 aromatic rings. The summed E-state index contributed by atoms with van der Waals surface area (Å²) in [7, 11) is 1.57. The highest BCUT2D eigenvalue weighted by Crippen LogP contribution is 2.24. The first-order valence-electron chi connectivity index (χ1n) is 8.22. The molecule has 3 rings (SSSR count). The summed E-state index contributed by atoms with van der Waals surface area (Å²) in [6.07, 6.45) is 0.194. The van der Waals surface area contributed by atoms with Crippen LogP contribution < -0.4 is 20.3 Å². The van der Waals surface area contributed by atoms with Crippen molar-refractivity contribution in [2.45, 2.75) is 12.5 Å². The molecule has 1 atom stereocenters. The molecule has 3 amide bonds. The van der Waals surface area contributed by atoms with Gasteiger partial charge in [0.25, 0.3) is 5.69 Å². The van der Waals surface area contributed by atoms with Crippen LogP contribution in [0.4, 0.5) is 21.9 Å². The van der Waals surface area contributed by atoms with Gasteiger partial charge in [-0.1, -0.05) is 0 Å². The summed E-state index contributed by atoms with van der Waals surface area (Å²) in [5, 5.41) is 16.0. The molecule has 140 valence electrons. The second-order valence-electron chi connectivity index (χ2n) is 6.01. The summed E-state index contributed by atoms with van der Waals surface area (Å²) in [4.78, 5) is 36.1. The van der Waals surface area contributed by atoms with Crippen LogP contribution in [-0.4, -0.2) is 36.6 Å². The number of hydrogen-bond acceptors (Lipinski definition) is 5. The lowest BCUT2D eigenvalue weighted by Crippen LogP contribution is -2.39. The third-order valence-electron chi connectivity index (χ3n) is 4.18. The Bertz CT molecular complexity index is 851. The highest BCUT2D eigenvalue weighted by atomic mass is 16.6. The van der Waals surface area contributed by atoms with Crippen molar-refractivity contribution in [1.29, 1.82) is 0 Å². The summed E-state index contributed by atoms with van der Waals surface area (Å²) in [6.45, 7) is 0.360. The van der Waals surface area contributed by atoms with Crippen molar-refractivity contribution >= 4 is 29.0 Å². The minimum Gasteiger partial charge on any atom is -0.497 e. The van der Waals surface area contributed by atoms with Gasteiger partial charge in [0.05, 0.1) is 18.1 Å². The molecule has 1 aliphatic rings. The number of nitrogens with one attached hydrogen (secondary N) is 2. The molecule has 0 aromatic heterocycles. The molecule has 0 radical (unpaired) electrons. The van der Waals surface area contributed by atoms with Gasteiger partial charge >= 0.3 is 6.03 Å². The van der Waals surface area contributed by atoms with E-state index in [1.54, 1.807) is 36.3 Å². The standard InChI is InChI=1S/C18H18N4O5/c1-27-16-8-6-14(7-9-16)21-11-13(10-17(21)23)20-18(24)19-12-2-4-15(5-3-12)22(25)26/h2-9,13H,10-11H2,1H3,(H2,19,20,24)/t13-/m1/s1. The van der Waals surface area contributed by atoms with Crippen LogP contribution in [0.2, 0.25) is 0 Å². The number of hydrogen-bond donors (Lipinski definition) is 2. The molecule has 1 heterocycles. The molecule has 9 nitrogen and oxygen atoms in total. The molecular weight excluding hydrogens is 352 g/mol. The predicted octanol–water partition coefficient (Wildman–Crippen LogP) is 2.53. The van der Waals surface area contributed by atoms with E-state index in [2.05, 4.69) is 10.6 Å². The van der Waals surface area contributed by atoms with Crippen LogP contribution in [0.5, 0.6) is 5.75 Å². The Morgan fingerprint density at radius 1 is 1.19 bits per heavy atom. The molecule has 9 heteroatoms. The fourth-order valence-corrected chi connectivity index (χ4v) is 2.84. The number of anilines is 2. The maximum atomic E-state index is 12.2. The largest absolute Gasteiger partial charge is 0.497 e. The number of carbonyl (C=O) groups is 2. The van der Waals surface area contributed by atoms with Crippen LogP contribution in [0.3, 0.4) is 0 Å². The first-order chi connectivity index (χ1) is 13.0. The summed E-state index contributed by atoms with van der Waals surface area (Å²) >= 11 is 0. The lowest BCUT2D eigenvalue weighted by molar-refractivity contribution is -0.384. The Balaban J connectivity index is 1.57. The van der Waals surface area contributed by atoms with Gasteiger partial charge in [0.1, 0.15) is 5.75 Å². The lowest BCUT2D eigenvalue weighted by Gasteiger charge is -2.17. The number of urea groups is 1. The topological polar surface area (TPSA) is 114 Å². The van der Waals surface area contributed by atoms with Crippen molar-refractivity contribution in [3.63, 3.8) is 0 Å². The summed E-state index contributed by atoms with van der Waals surface area (Å²) in [5.41, 5.74) is 1.10. The summed E-state index contributed by atoms with van der Waals surface area (Å²) in [5.74, 6) is 0.614. The zero-order valence-electron chi connectivity index (χ0n) is 14.5. The number of methoxy groups -OCH3 is 1. The second-order valence-corrected chi connectivity index (χ2v) is 6.01. The monoisotopic (exact) mass is 370 g/mol. The Morgan fingerprint density at radius 3 is 2.44 bits per heavy atom. The van der Waals surface area contributed by atoms with Crippen molar-refractivity contribution in [3.8, 4) is 5.75 Å². The third kappa shape index (κ3) is 4.32. The van der Waals surface area contributed by atoms with Crippen LogP contribution in [0.15, 0.2) is 48.5 Å². The third-order valence-corrected chi connectivity index (χ3v) is 4.18. The minimum atomic E-state index is -0.512. The molecule has 2 aromatic carbocycles. The molecule has 27 heavy (non-hydrogen) atoms. The Kier molecular flexibility index (Phi) is 5.20. The van der Waals surface area contributed by atoms with Gasteiger partial charge < -0.3 is 20.3 Å². The van der Waals surface area contributed by atoms with E-state index in [9.17, 15) is 19.7 Å². The van der Waals surface area contributed by atoms with Crippen LogP contribution in [0.25, 0.3) is 0 Å². The first kappa shape index (κ1) is 18.2. The fraction of sp³-hybridized carbons (Fsp3) is 0.222. The maximum absolute atomic E-state index is 12.2. The Morgan fingerprint density at radius 2 is 1.85 bits per heavy atom. The molecule has 1 aliphatic heterocycles. The number of amides is 3. The molecular formula is C18H18N4O5. The fourth-order valence-electron chi connectivity index (χ4n) is 2.84. The SMILES string of the molecule is COc1ccc(N2C[C@H](NC(=O)Nc3ccc([N+](=O)[O-])cc3)CC2=O)cc1. The number of ether oxygens (including phenoxy) is 1. The number of nitrogens with zero attached hydrogens (tertiary/aromatic N) is 2. The normalized spacial score (nSPS) is 16.1. The van der Waals surface area contributed by atoms with Gasteiger partial charge in [0.15, 0.2) is 0 Å². The van der Waals surface area contributed by atoms with E-state index < -0.39 is 11.0 Å². The molecule has 0 spiro atoms. The summed E-state index contributed by atoms with van der Waals surface area (Å²) in [6, 6.07) is 11.8. The second kappa shape index (κ2) is 7.73. The number of nitro groups is 1. The molecule has 2 N–H and O–H groups in total. The van der Waals surface area contributed by atoms with Crippen molar-refractivity contribution in [1.82, 2.24) is 5.32 Å². The Labute approximate surface area is 155 Å². The molecule has 0 bridgehead atoms. The van der Waals surface area contributed by atoms with Crippen molar-refractivity contribution in [3.05, 3.63) is 58.6 Å². The predicted molar refractivity (Wildman–Crippen MR) is 99.0 cm³/mol. The van der Waals surface area contributed by atoms with Crippen molar-refractivity contribution in [2.75, 3.05) is 23.9 Å². The summed E-state index contributed by atoms with van der Waals surface area (Å²) < 4.78 is 5.10. The van der Waals surface area contributed by atoms with Gasteiger partial charge in [-0.3, -0.25) is 14.9 Å². The van der Waals surface area contributed by atoms with E-state index in [1.807, 2.05) is 0 Å². The van der Waals surface area contributed by atoms with Crippen molar-refractivity contribution in [2.24, 2.45) is 0 Å². The van der Waals surface area contributed by atoms with Crippen LogP contribution in [0, 0.1) is 10.1 Å². The van der Waals surface area contributed by atoms with Crippen molar-refractivity contribution < 1.29 is 19.2 Å². The van der Waals surface area contributed by atoms with Gasteiger partial charge in [-0.2, -0.15) is 0 Å². The smallest absolute Gasteiger partial charge is 0.319 e. The van der Waals surface area contributed by atoms with Crippen LogP contribution >= 0.6 is 0 Å². The van der Waals surface area contributed by atoms with E-state index in [1.165, 1.54) is 24.3 Å². The van der Waals surface area contributed by atoms with Crippen LogP contribution in [-0.2, 0) is 4.79 Å². The van der Waals surface area contributed by atoms with E-state index in [4.69, 9.17) is 4.74 Å². The molecule has 0 saturated carbocycles. The number of carbonyl (C=O) groups excluding carboxylic acids is 2. The number of rotatable bonds is 5. The van der Waals surface area contributed by atoms with Gasteiger partial charge in [0, 0.05) is 36.5 Å². The molecule has 0 unspecified atom stereocenters. The zero-order chi connectivity index (χ0) is 19.4. The maximum Gasteiger partial charge on any atom is 0.319 e. The van der Waals surface area contributed by atoms with Gasteiger partial charge in [-0.05, 0) is 36.4 Å². The Hall–Kier alpha value is -3.62. The zero-order valence-corrected chi connectivity index (χ0v) is 14.5. The highest BCUT2D eigenvalue weighted by molar-refractivity contribution is 5.97. The molecule has 1 fully saturated rings. The van der Waals surface area contributed by atoms with E-state index in [0.29, 0.717) is 18.0 Å². The van der Waals surface area contributed by atoms with Gasteiger partial charge in [-0.15, -0.1) is 0 Å². The number of non-ortho nitro benzene ring substituents is 1. The van der Waals surface area contributed by atoms with Gasteiger partial charge in [-0.25, -0.2) is 4.79 Å². The highest BCUT2D eigenvalue weighted by Gasteiger charge is 2.31.